The van der Waals surface area contributed by atoms with Crippen LogP contribution in [0, 0.1) is 11.3 Å². The number of halogens is 1. The Balaban J connectivity index is 2.05. The van der Waals surface area contributed by atoms with Crippen molar-refractivity contribution in [1.29, 1.82) is 5.26 Å². The molecule has 1 aromatic heterocycles. The van der Waals surface area contributed by atoms with Crippen LogP contribution in [0.2, 0.25) is 5.02 Å². The third kappa shape index (κ3) is 2.70. The van der Waals surface area contributed by atoms with E-state index in [4.69, 9.17) is 16.9 Å². The maximum absolute atomic E-state index is 9.02. The molecular formula is C11H13ClN4. The van der Waals surface area contributed by atoms with E-state index < -0.39 is 0 Å². The number of pyridine rings is 1. The predicted octanol–water partition coefficient (Wildman–Crippen LogP) is 1.03. The van der Waals surface area contributed by atoms with E-state index in [0.717, 1.165) is 25.3 Å². The summed E-state index contributed by atoms with van der Waals surface area (Å²) in [7, 11) is 0. The molecule has 1 atom stereocenters. The number of rotatable bonds is 2. The maximum Gasteiger partial charge on any atom is 0.111 e. The molecule has 1 saturated heterocycles. The van der Waals surface area contributed by atoms with Gasteiger partial charge in [0.1, 0.15) is 6.04 Å². The van der Waals surface area contributed by atoms with Crippen molar-refractivity contribution in [2.24, 2.45) is 0 Å². The standard InChI is InChI=1S/C11H13ClN4/c12-9-1-2-15-10(5-9)8-16-4-3-14-7-11(16)6-13/h1-2,5,11,14H,3-4,7-8H2. The lowest BCUT2D eigenvalue weighted by Gasteiger charge is -2.31. The van der Waals surface area contributed by atoms with Gasteiger partial charge in [-0.15, -0.1) is 0 Å². The molecule has 5 heteroatoms. The van der Waals surface area contributed by atoms with E-state index in [2.05, 4.69) is 21.3 Å². The van der Waals surface area contributed by atoms with E-state index in [1.807, 2.05) is 6.07 Å². The number of hydrogen-bond donors (Lipinski definition) is 1. The summed E-state index contributed by atoms with van der Waals surface area (Å²) in [5, 5.41) is 12.9. The number of nitrogens with one attached hydrogen (secondary N) is 1. The molecule has 0 aromatic carbocycles. The molecular weight excluding hydrogens is 224 g/mol. The van der Waals surface area contributed by atoms with Gasteiger partial charge in [0.15, 0.2) is 0 Å². The Morgan fingerprint density at radius 1 is 1.69 bits per heavy atom. The van der Waals surface area contributed by atoms with Crippen LogP contribution in [0.3, 0.4) is 0 Å². The SMILES string of the molecule is N#CC1CNCCN1Cc1cc(Cl)ccn1. The second-order valence-corrected chi connectivity index (χ2v) is 4.22. The molecule has 16 heavy (non-hydrogen) atoms. The largest absolute Gasteiger partial charge is 0.313 e. The molecule has 1 aromatic rings. The molecule has 4 nitrogen and oxygen atoms in total. The van der Waals surface area contributed by atoms with Gasteiger partial charge in [-0.1, -0.05) is 11.6 Å². The topological polar surface area (TPSA) is 52.0 Å². The van der Waals surface area contributed by atoms with Crippen molar-refractivity contribution in [2.45, 2.75) is 12.6 Å². The number of nitrogens with zero attached hydrogens (tertiary/aromatic N) is 3. The highest BCUT2D eigenvalue weighted by atomic mass is 35.5. The molecule has 84 valence electrons. The number of aromatic nitrogens is 1. The lowest BCUT2D eigenvalue weighted by atomic mass is 10.2. The van der Waals surface area contributed by atoms with E-state index in [-0.39, 0.29) is 6.04 Å². The third-order valence-electron chi connectivity index (χ3n) is 2.65. The summed E-state index contributed by atoms with van der Waals surface area (Å²) in [5.41, 5.74) is 0.912. The summed E-state index contributed by atoms with van der Waals surface area (Å²) in [6.07, 6.45) is 1.70. The summed E-state index contributed by atoms with van der Waals surface area (Å²) in [5.74, 6) is 0. The Labute approximate surface area is 99.8 Å². The van der Waals surface area contributed by atoms with Crippen LogP contribution in [-0.4, -0.2) is 35.6 Å². The van der Waals surface area contributed by atoms with Crippen LogP contribution in [-0.2, 0) is 6.54 Å². The Bertz CT molecular complexity index is 401. The molecule has 1 fully saturated rings. The fourth-order valence-corrected chi connectivity index (χ4v) is 1.99. The van der Waals surface area contributed by atoms with Crippen LogP contribution in [0.1, 0.15) is 5.69 Å². The molecule has 0 bridgehead atoms. The summed E-state index contributed by atoms with van der Waals surface area (Å²) >= 11 is 5.90. The highest BCUT2D eigenvalue weighted by Gasteiger charge is 2.21. The molecule has 0 radical (unpaired) electrons. The summed E-state index contributed by atoms with van der Waals surface area (Å²) < 4.78 is 0. The van der Waals surface area contributed by atoms with Gasteiger partial charge in [0, 0.05) is 37.4 Å². The fourth-order valence-electron chi connectivity index (χ4n) is 1.81. The average Bonchev–Trinajstić information content (AvgIpc) is 2.30. The minimum absolute atomic E-state index is 0.0745. The Kier molecular flexibility index (Phi) is 3.73. The van der Waals surface area contributed by atoms with E-state index in [1.165, 1.54) is 0 Å². The molecule has 2 rings (SSSR count). The van der Waals surface area contributed by atoms with E-state index in [9.17, 15) is 0 Å². The van der Waals surface area contributed by atoms with Crippen molar-refractivity contribution in [3.63, 3.8) is 0 Å². The van der Waals surface area contributed by atoms with Gasteiger partial charge >= 0.3 is 0 Å². The Morgan fingerprint density at radius 3 is 3.31 bits per heavy atom. The first kappa shape index (κ1) is 11.3. The molecule has 0 amide bonds. The molecule has 0 spiro atoms. The first-order chi connectivity index (χ1) is 7.79. The van der Waals surface area contributed by atoms with Gasteiger partial charge in [0.2, 0.25) is 0 Å². The molecule has 2 heterocycles. The van der Waals surface area contributed by atoms with Crippen LogP contribution in [0.5, 0.6) is 0 Å². The van der Waals surface area contributed by atoms with Gasteiger partial charge < -0.3 is 5.32 Å². The first-order valence-corrected chi connectivity index (χ1v) is 5.62. The normalized spacial score (nSPS) is 21.6. The fraction of sp³-hybridized carbons (Fsp3) is 0.455. The minimum atomic E-state index is -0.0745. The monoisotopic (exact) mass is 236 g/mol. The van der Waals surface area contributed by atoms with Crippen LogP contribution in [0.15, 0.2) is 18.3 Å². The molecule has 1 unspecified atom stereocenters. The second-order valence-electron chi connectivity index (χ2n) is 3.78. The lowest BCUT2D eigenvalue weighted by molar-refractivity contribution is 0.187. The van der Waals surface area contributed by atoms with Crippen LogP contribution in [0.4, 0.5) is 0 Å². The zero-order valence-electron chi connectivity index (χ0n) is 8.86. The van der Waals surface area contributed by atoms with E-state index >= 15 is 0 Å². The molecule has 1 N–H and O–H groups in total. The zero-order valence-corrected chi connectivity index (χ0v) is 9.61. The lowest BCUT2D eigenvalue weighted by Crippen LogP contribution is -2.50. The van der Waals surface area contributed by atoms with Crippen molar-refractivity contribution in [3.05, 3.63) is 29.0 Å². The molecule has 1 aliphatic heterocycles. The average molecular weight is 237 g/mol. The van der Waals surface area contributed by atoms with Crippen LogP contribution < -0.4 is 5.32 Å². The van der Waals surface area contributed by atoms with Crippen molar-refractivity contribution in [3.8, 4) is 6.07 Å². The van der Waals surface area contributed by atoms with Gasteiger partial charge in [-0.2, -0.15) is 5.26 Å². The molecule has 1 aliphatic rings. The summed E-state index contributed by atoms with van der Waals surface area (Å²) in [4.78, 5) is 6.37. The molecule has 0 saturated carbocycles. The molecule has 0 aliphatic carbocycles. The van der Waals surface area contributed by atoms with Gasteiger partial charge in [-0.3, -0.25) is 9.88 Å². The highest BCUT2D eigenvalue weighted by Crippen LogP contribution is 2.12. The smallest absolute Gasteiger partial charge is 0.111 e. The quantitative estimate of drug-likeness (QED) is 0.834. The third-order valence-corrected chi connectivity index (χ3v) is 2.88. The first-order valence-electron chi connectivity index (χ1n) is 5.24. The summed E-state index contributed by atoms with van der Waals surface area (Å²) in [6.45, 7) is 3.18. The zero-order chi connectivity index (χ0) is 11.4. The number of hydrogen-bond acceptors (Lipinski definition) is 4. The number of piperazine rings is 1. The van der Waals surface area contributed by atoms with E-state index in [1.54, 1.807) is 12.3 Å². The Hall–Kier alpha value is -1.15. The maximum atomic E-state index is 9.02. The van der Waals surface area contributed by atoms with Gasteiger partial charge in [0.25, 0.3) is 0 Å². The summed E-state index contributed by atoms with van der Waals surface area (Å²) in [6, 6.07) is 5.82. The van der Waals surface area contributed by atoms with Crippen LogP contribution in [0.25, 0.3) is 0 Å². The van der Waals surface area contributed by atoms with Crippen LogP contribution >= 0.6 is 11.6 Å². The van der Waals surface area contributed by atoms with Gasteiger partial charge in [-0.25, -0.2) is 0 Å². The second kappa shape index (κ2) is 5.26. The minimum Gasteiger partial charge on any atom is -0.313 e. The van der Waals surface area contributed by atoms with Crippen molar-refractivity contribution in [1.82, 2.24) is 15.2 Å². The highest BCUT2D eigenvalue weighted by molar-refractivity contribution is 6.30. The van der Waals surface area contributed by atoms with Gasteiger partial charge in [0.05, 0.1) is 11.8 Å². The number of nitriles is 1. The Morgan fingerprint density at radius 2 is 2.56 bits per heavy atom. The van der Waals surface area contributed by atoms with E-state index in [0.29, 0.717) is 11.6 Å². The van der Waals surface area contributed by atoms with Crippen molar-refractivity contribution >= 4 is 11.6 Å². The van der Waals surface area contributed by atoms with Crippen molar-refractivity contribution < 1.29 is 0 Å². The predicted molar refractivity (Wildman–Crippen MR) is 61.9 cm³/mol. The van der Waals surface area contributed by atoms with Crippen molar-refractivity contribution in [2.75, 3.05) is 19.6 Å². The van der Waals surface area contributed by atoms with Gasteiger partial charge in [-0.05, 0) is 12.1 Å².